The van der Waals surface area contributed by atoms with E-state index in [1.54, 1.807) is 0 Å². The SMILES string of the molecule is Cc1c(C)c(C)c(S(=O)(=O)N[C@@H]2CCCNC2)c(C)c1C. The predicted molar refractivity (Wildman–Crippen MR) is 86.3 cm³/mol. The maximum Gasteiger partial charge on any atom is 0.241 e. The molecule has 0 radical (unpaired) electrons. The zero-order chi connectivity index (χ0) is 15.8. The molecule has 1 atom stereocenters. The zero-order valence-electron chi connectivity index (χ0n) is 13.6. The fourth-order valence-electron chi connectivity index (χ4n) is 3.10. The third kappa shape index (κ3) is 3.15. The molecule has 1 fully saturated rings. The van der Waals surface area contributed by atoms with Crippen LogP contribution in [0, 0.1) is 34.6 Å². The van der Waals surface area contributed by atoms with E-state index in [4.69, 9.17) is 0 Å². The van der Waals surface area contributed by atoms with Crippen molar-refractivity contribution in [3.8, 4) is 0 Å². The summed E-state index contributed by atoms with van der Waals surface area (Å²) in [5, 5.41) is 3.24. The highest BCUT2D eigenvalue weighted by molar-refractivity contribution is 7.89. The van der Waals surface area contributed by atoms with Gasteiger partial charge in [-0.05, 0) is 81.8 Å². The topological polar surface area (TPSA) is 58.2 Å². The van der Waals surface area contributed by atoms with Crippen molar-refractivity contribution >= 4 is 10.0 Å². The second-order valence-electron chi connectivity index (χ2n) is 6.12. The second kappa shape index (κ2) is 6.07. The highest BCUT2D eigenvalue weighted by Gasteiger charge is 2.26. The molecule has 1 aromatic carbocycles. The predicted octanol–water partition coefficient (Wildman–Crippen LogP) is 2.26. The minimum Gasteiger partial charge on any atom is -0.315 e. The van der Waals surface area contributed by atoms with Crippen LogP contribution in [0.1, 0.15) is 40.7 Å². The number of hydrogen-bond acceptors (Lipinski definition) is 3. The van der Waals surface area contributed by atoms with Gasteiger partial charge in [-0.15, -0.1) is 0 Å². The smallest absolute Gasteiger partial charge is 0.241 e. The van der Waals surface area contributed by atoms with E-state index in [1.807, 2.05) is 27.7 Å². The summed E-state index contributed by atoms with van der Waals surface area (Å²) in [5.41, 5.74) is 5.06. The molecule has 1 aliphatic rings. The molecule has 0 saturated carbocycles. The minimum absolute atomic E-state index is 0.00975. The third-order valence-electron chi connectivity index (χ3n) is 4.82. The number of sulfonamides is 1. The van der Waals surface area contributed by atoms with Crippen molar-refractivity contribution in [2.24, 2.45) is 0 Å². The quantitative estimate of drug-likeness (QED) is 0.900. The lowest BCUT2D eigenvalue weighted by Crippen LogP contribution is -2.45. The van der Waals surface area contributed by atoms with E-state index < -0.39 is 10.0 Å². The van der Waals surface area contributed by atoms with Crippen LogP contribution < -0.4 is 10.0 Å². The number of rotatable bonds is 3. The second-order valence-corrected chi connectivity index (χ2v) is 7.77. The van der Waals surface area contributed by atoms with Crippen LogP contribution in [0.4, 0.5) is 0 Å². The van der Waals surface area contributed by atoms with Gasteiger partial charge in [-0.25, -0.2) is 13.1 Å². The lowest BCUT2D eigenvalue weighted by molar-refractivity contribution is 0.428. The van der Waals surface area contributed by atoms with Crippen molar-refractivity contribution in [3.05, 3.63) is 27.8 Å². The summed E-state index contributed by atoms with van der Waals surface area (Å²) in [7, 11) is -3.47. The molecular formula is C16H26N2O2S. The standard InChI is InChI=1S/C16H26N2O2S/c1-10-11(2)13(4)16(14(5)12(10)3)21(19,20)18-15-7-6-8-17-9-15/h15,17-18H,6-9H2,1-5H3/t15-/m1/s1. The molecule has 21 heavy (non-hydrogen) atoms. The van der Waals surface area contributed by atoms with Gasteiger partial charge >= 0.3 is 0 Å². The number of nitrogens with one attached hydrogen (secondary N) is 2. The molecule has 0 unspecified atom stereocenters. The Hall–Kier alpha value is -0.910. The van der Waals surface area contributed by atoms with E-state index in [0.29, 0.717) is 11.4 Å². The fourth-order valence-corrected chi connectivity index (χ4v) is 4.97. The monoisotopic (exact) mass is 310 g/mol. The molecule has 1 heterocycles. The van der Waals surface area contributed by atoms with E-state index in [-0.39, 0.29) is 6.04 Å². The van der Waals surface area contributed by atoms with Crippen LogP contribution in [0.15, 0.2) is 4.90 Å². The van der Waals surface area contributed by atoms with Crippen molar-refractivity contribution in [1.82, 2.24) is 10.0 Å². The van der Waals surface area contributed by atoms with Gasteiger partial charge in [0.1, 0.15) is 0 Å². The molecule has 118 valence electrons. The first-order valence-corrected chi connectivity index (χ1v) is 9.04. The minimum atomic E-state index is -3.47. The van der Waals surface area contributed by atoms with E-state index in [9.17, 15) is 8.42 Å². The molecule has 0 aromatic heterocycles. The number of piperidine rings is 1. The molecule has 2 rings (SSSR count). The summed E-state index contributed by atoms with van der Waals surface area (Å²) in [4.78, 5) is 0.466. The van der Waals surface area contributed by atoms with E-state index in [1.165, 1.54) is 5.56 Å². The van der Waals surface area contributed by atoms with Crippen LogP contribution >= 0.6 is 0 Å². The van der Waals surface area contributed by atoms with Crippen LogP contribution in [0.5, 0.6) is 0 Å². The molecule has 0 aliphatic carbocycles. The average molecular weight is 310 g/mol. The number of hydrogen-bond donors (Lipinski definition) is 2. The first kappa shape index (κ1) is 16.5. The lowest BCUT2D eigenvalue weighted by atomic mass is 9.95. The van der Waals surface area contributed by atoms with E-state index in [0.717, 1.165) is 41.6 Å². The lowest BCUT2D eigenvalue weighted by Gasteiger charge is -2.25. The van der Waals surface area contributed by atoms with Gasteiger partial charge in [0, 0.05) is 12.6 Å². The summed E-state index contributed by atoms with van der Waals surface area (Å²) in [5.74, 6) is 0. The van der Waals surface area contributed by atoms with Gasteiger partial charge in [0.25, 0.3) is 0 Å². The summed E-state index contributed by atoms with van der Waals surface area (Å²) >= 11 is 0. The van der Waals surface area contributed by atoms with Crippen molar-refractivity contribution in [3.63, 3.8) is 0 Å². The molecule has 5 heteroatoms. The summed E-state index contributed by atoms with van der Waals surface area (Å²) in [6.07, 6.45) is 1.91. The molecule has 1 aromatic rings. The van der Waals surface area contributed by atoms with E-state index >= 15 is 0 Å². The molecule has 0 spiro atoms. The van der Waals surface area contributed by atoms with Crippen LogP contribution in [0.25, 0.3) is 0 Å². The Bertz CT molecular complexity index is 616. The number of benzene rings is 1. The summed E-state index contributed by atoms with van der Waals surface area (Å²) in [6.45, 7) is 11.5. The molecule has 1 aliphatic heterocycles. The Morgan fingerprint density at radius 2 is 1.48 bits per heavy atom. The fraction of sp³-hybridized carbons (Fsp3) is 0.625. The Kier molecular flexibility index (Phi) is 4.76. The van der Waals surface area contributed by atoms with Crippen molar-refractivity contribution in [2.75, 3.05) is 13.1 Å². The van der Waals surface area contributed by atoms with Gasteiger partial charge in [-0.1, -0.05) is 0 Å². The maximum absolute atomic E-state index is 12.8. The van der Waals surface area contributed by atoms with Crippen molar-refractivity contribution < 1.29 is 8.42 Å². The average Bonchev–Trinajstić information content (AvgIpc) is 2.43. The van der Waals surface area contributed by atoms with Gasteiger partial charge in [-0.2, -0.15) is 0 Å². The van der Waals surface area contributed by atoms with Gasteiger partial charge in [0.2, 0.25) is 10.0 Å². The third-order valence-corrected chi connectivity index (χ3v) is 6.61. The first-order chi connectivity index (χ1) is 9.75. The maximum atomic E-state index is 12.8. The van der Waals surface area contributed by atoms with Crippen molar-refractivity contribution in [1.29, 1.82) is 0 Å². The highest BCUT2D eigenvalue weighted by atomic mass is 32.2. The van der Waals surface area contributed by atoms with Crippen LogP contribution in [0.3, 0.4) is 0 Å². The van der Waals surface area contributed by atoms with Gasteiger partial charge in [0.05, 0.1) is 4.90 Å². The molecule has 0 amide bonds. The normalized spacial score (nSPS) is 19.8. The Morgan fingerprint density at radius 3 is 1.95 bits per heavy atom. The summed E-state index contributed by atoms with van der Waals surface area (Å²) in [6, 6.07) is -0.00975. The Balaban J connectivity index is 2.45. The highest BCUT2D eigenvalue weighted by Crippen LogP contribution is 2.29. The van der Waals surface area contributed by atoms with Crippen LogP contribution in [-0.4, -0.2) is 27.5 Å². The molecule has 0 bridgehead atoms. The molecule has 1 saturated heterocycles. The Morgan fingerprint density at radius 1 is 0.952 bits per heavy atom. The van der Waals surface area contributed by atoms with Gasteiger partial charge in [0.15, 0.2) is 0 Å². The van der Waals surface area contributed by atoms with Crippen LogP contribution in [-0.2, 0) is 10.0 Å². The molecule has 4 nitrogen and oxygen atoms in total. The van der Waals surface area contributed by atoms with E-state index in [2.05, 4.69) is 17.0 Å². The van der Waals surface area contributed by atoms with Crippen molar-refractivity contribution in [2.45, 2.75) is 58.4 Å². The molecule has 2 N–H and O–H groups in total. The Labute approximate surface area is 128 Å². The van der Waals surface area contributed by atoms with Gasteiger partial charge < -0.3 is 5.32 Å². The first-order valence-electron chi connectivity index (χ1n) is 7.55. The van der Waals surface area contributed by atoms with Gasteiger partial charge in [-0.3, -0.25) is 0 Å². The van der Waals surface area contributed by atoms with Crippen LogP contribution in [0.2, 0.25) is 0 Å². The molecular weight excluding hydrogens is 284 g/mol. The summed E-state index contributed by atoms with van der Waals surface area (Å²) < 4.78 is 28.5. The zero-order valence-corrected chi connectivity index (χ0v) is 14.4. The largest absolute Gasteiger partial charge is 0.315 e.